The number of rotatable bonds is 2. The number of hydrogen-bond donors (Lipinski definition) is 1. The van der Waals surface area contributed by atoms with Gasteiger partial charge in [0, 0.05) is 0 Å². The predicted molar refractivity (Wildman–Crippen MR) is 80.4 cm³/mol. The molecule has 5 heteroatoms. The molecule has 3 aromatic rings. The normalized spacial score (nSPS) is 12.5. The van der Waals surface area contributed by atoms with E-state index >= 15 is 0 Å². The van der Waals surface area contributed by atoms with Crippen molar-refractivity contribution in [2.24, 2.45) is 5.73 Å². The highest BCUT2D eigenvalue weighted by molar-refractivity contribution is 5.83. The topological polar surface area (TPSA) is 56.2 Å². The zero-order valence-corrected chi connectivity index (χ0v) is 11.8. The molecule has 3 nitrogen and oxygen atoms in total. The fourth-order valence-electron chi connectivity index (χ4n) is 2.42. The Morgan fingerprint density at radius 1 is 1.09 bits per heavy atom. The molecule has 0 radical (unpaired) electrons. The van der Waals surface area contributed by atoms with Crippen LogP contribution < -0.4 is 11.2 Å². The fourth-order valence-corrected chi connectivity index (χ4v) is 2.42. The highest BCUT2D eigenvalue weighted by Crippen LogP contribution is 2.28. The molecule has 0 spiro atoms. The maximum atomic E-state index is 13.5. The van der Waals surface area contributed by atoms with Crippen molar-refractivity contribution >= 4 is 11.0 Å². The molecular formula is C17H13F2NO2. The average Bonchev–Trinajstić information content (AvgIpc) is 2.47. The van der Waals surface area contributed by atoms with E-state index in [2.05, 4.69) is 0 Å². The summed E-state index contributed by atoms with van der Waals surface area (Å²) in [5, 5.41) is 0.101. The van der Waals surface area contributed by atoms with Crippen LogP contribution in [-0.2, 0) is 0 Å². The summed E-state index contributed by atoms with van der Waals surface area (Å²) in [6.07, 6.45) is 0. The Morgan fingerprint density at radius 3 is 2.50 bits per heavy atom. The summed E-state index contributed by atoms with van der Waals surface area (Å²) in [6.45, 7) is 1.66. The van der Waals surface area contributed by atoms with Crippen molar-refractivity contribution in [3.63, 3.8) is 0 Å². The van der Waals surface area contributed by atoms with E-state index in [0.717, 1.165) is 6.07 Å². The monoisotopic (exact) mass is 301 g/mol. The molecule has 0 aliphatic carbocycles. The minimum absolute atomic E-state index is 0.101. The third kappa shape index (κ3) is 2.40. The Kier molecular flexibility index (Phi) is 3.50. The molecule has 0 aliphatic rings. The molecule has 112 valence electrons. The van der Waals surface area contributed by atoms with Crippen LogP contribution in [0.1, 0.15) is 18.7 Å². The van der Waals surface area contributed by atoms with Crippen LogP contribution in [0.3, 0.4) is 0 Å². The lowest BCUT2D eigenvalue weighted by Crippen LogP contribution is -2.15. The third-order valence-corrected chi connectivity index (χ3v) is 3.41. The maximum absolute atomic E-state index is 13.5. The SMILES string of the molecule is CC(N)c1oc2ccc(F)cc2c(=O)c1-c1cccc(F)c1. The van der Waals surface area contributed by atoms with Crippen LogP contribution in [0.4, 0.5) is 8.78 Å². The fraction of sp³-hybridized carbons (Fsp3) is 0.118. The zero-order chi connectivity index (χ0) is 15.9. The summed E-state index contributed by atoms with van der Waals surface area (Å²) in [4.78, 5) is 12.7. The highest BCUT2D eigenvalue weighted by Gasteiger charge is 2.19. The molecule has 0 aliphatic heterocycles. The van der Waals surface area contributed by atoms with Crippen molar-refractivity contribution in [3.05, 3.63) is 70.1 Å². The van der Waals surface area contributed by atoms with Crippen molar-refractivity contribution in [1.82, 2.24) is 0 Å². The second-order valence-electron chi connectivity index (χ2n) is 5.11. The third-order valence-electron chi connectivity index (χ3n) is 3.41. The van der Waals surface area contributed by atoms with E-state index in [1.165, 1.54) is 30.3 Å². The van der Waals surface area contributed by atoms with Gasteiger partial charge in [0.2, 0.25) is 5.43 Å². The molecule has 0 saturated carbocycles. The summed E-state index contributed by atoms with van der Waals surface area (Å²) >= 11 is 0. The molecule has 0 saturated heterocycles. The van der Waals surface area contributed by atoms with Gasteiger partial charge in [-0.15, -0.1) is 0 Å². The molecule has 1 heterocycles. The van der Waals surface area contributed by atoms with Gasteiger partial charge in [-0.25, -0.2) is 8.78 Å². The minimum atomic E-state index is -0.569. The molecule has 2 N–H and O–H groups in total. The van der Waals surface area contributed by atoms with Crippen molar-refractivity contribution < 1.29 is 13.2 Å². The summed E-state index contributed by atoms with van der Waals surface area (Å²) in [7, 11) is 0. The molecule has 1 aromatic heterocycles. The van der Waals surface area contributed by atoms with Crippen molar-refractivity contribution in [2.75, 3.05) is 0 Å². The molecule has 0 amide bonds. The first-order valence-electron chi connectivity index (χ1n) is 6.75. The lowest BCUT2D eigenvalue weighted by molar-refractivity contribution is 0.502. The van der Waals surface area contributed by atoms with E-state index in [-0.39, 0.29) is 22.3 Å². The van der Waals surface area contributed by atoms with E-state index < -0.39 is 23.1 Å². The van der Waals surface area contributed by atoms with Gasteiger partial charge in [0.05, 0.1) is 17.0 Å². The number of benzene rings is 2. The largest absolute Gasteiger partial charge is 0.458 e. The van der Waals surface area contributed by atoms with E-state index in [4.69, 9.17) is 10.2 Å². The molecule has 2 aromatic carbocycles. The first kappa shape index (κ1) is 14.4. The van der Waals surface area contributed by atoms with Gasteiger partial charge < -0.3 is 10.2 Å². The van der Waals surface area contributed by atoms with Crippen LogP contribution in [0.25, 0.3) is 22.1 Å². The first-order valence-corrected chi connectivity index (χ1v) is 6.75. The van der Waals surface area contributed by atoms with Crippen LogP contribution >= 0.6 is 0 Å². The lowest BCUT2D eigenvalue weighted by Gasteiger charge is -2.13. The van der Waals surface area contributed by atoms with Gasteiger partial charge in [0.1, 0.15) is 23.0 Å². The summed E-state index contributed by atoms with van der Waals surface area (Å²) in [5.74, 6) is -0.778. The maximum Gasteiger partial charge on any atom is 0.200 e. The van der Waals surface area contributed by atoms with Crippen LogP contribution in [0.2, 0.25) is 0 Å². The molecule has 0 bridgehead atoms. The Morgan fingerprint density at radius 2 is 1.82 bits per heavy atom. The second-order valence-corrected chi connectivity index (χ2v) is 5.11. The van der Waals surface area contributed by atoms with Crippen LogP contribution in [0.5, 0.6) is 0 Å². The number of halogens is 2. The van der Waals surface area contributed by atoms with E-state index in [0.29, 0.717) is 5.56 Å². The van der Waals surface area contributed by atoms with Gasteiger partial charge in [-0.3, -0.25) is 4.79 Å². The van der Waals surface area contributed by atoms with Gasteiger partial charge in [-0.2, -0.15) is 0 Å². The molecule has 1 unspecified atom stereocenters. The Balaban J connectivity index is 2.43. The second kappa shape index (κ2) is 5.35. The van der Waals surface area contributed by atoms with E-state index in [1.807, 2.05) is 0 Å². The average molecular weight is 301 g/mol. The van der Waals surface area contributed by atoms with Crippen molar-refractivity contribution in [3.8, 4) is 11.1 Å². The van der Waals surface area contributed by atoms with Crippen molar-refractivity contribution in [1.29, 1.82) is 0 Å². The van der Waals surface area contributed by atoms with Crippen LogP contribution in [0, 0.1) is 11.6 Å². The summed E-state index contributed by atoms with van der Waals surface area (Å²) in [6, 6.07) is 8.71. The van der Waals surface area contributed by atoms with Crippen LogP contribution in [-0.4, -0.2) is 0 Å². The van der Waals surface area contributed by atoms with E-state index in [9.17, 15) is 13.6 Å². The zero-order valence-electron chi connectivity index (χ0n) is 11.8. The van der Waals surface area contributed by atoms with Gasteiger partial charge in [0.25, 0.3) is 0 Å². The van der Waals surface area contributed by atoms with Gasteiger partial charge >= 0.3 is 0 Å². The Hall–Kier alpha value is -2.53. The molecule has 22 heavy (non-hydrogen) atoms. The molecule has 1 atom stereocenters. The van der Waals surface area contributed by atoms with Gasteiger partial charge in [-0.1, -0.05) is 12.1 Å². The smallest absolute Gasteiger partial charge is 0.200 e. The molecule has 3 rings (SSSR count). The first-order chi connectivity index (χ1) is 10.5. The number of hydrogen-bond acceptors (Lipinski definition) is 3. The van der Waals surface area contributed by atoms with Crippen molar-refractivity contribution in [2.45, 2.75) is 13.0 Å². The Labute approximate surface area is 125 Å². The number of fused-ring (bicyclic) bond motifs is 1. The van der Waals surface area contributed by atoms with E-state index in [1.54, 1.807) is 13.0 Å². The standard InChI is InChI=1S/C17H13F2NO2/c1-9(20)17-15(10-3-2-4-11(18)7-10)16(21)13-8-12(19)5-6-14(13)22-17/h2-9H,20H2,1H3. The molecular weight excluding hydrogens is 288 g/mol. The number of nitrogens with two attached hydrogens (primary N) is 1. The minimum Gasteiger partial charge on any atom is -0.458 e. The molecule has 0 fully saturated rings. The van der Waals surface area contributed by atoms with Crippen LogP contribution in [0.15, 0.2) is 51.7 Å². The summed E-state index contributed by atoms with van der Waals surface area (Å²) < 4.78 is 32.6. The highest BCUT2D eigenvalue weighted by atomic mass is 19.1. The Bertz CT molecular complexity index is 916. The quantitative estimate of drug-likeness (QED) is 0.784. The summed E-state index contributed by atoms with van der Waals surface area (Å²) in [5.41, 5.74) is 6.21. The van der Waals surface area contributed by atoms with Gasteiger partial charge in [0.15, 0.2) is 0 Å². The van der Waals surface area contributed by atoms with Gasteiger partial charge in [-0.05, 0) is 42.8 Å². The lowest BCUT2D eigenvalue weighted by atomic mass is 9.99. The predicted octanol–water partition coefficient (Wildman–Crippen LogP) is 3.76.